The first-order valence-corrected chi connectivity index (χ1v) is 5.90. The molecular weight excluding hydrogens is 184 g/mol. The van der Waals surface area contributed by atoms with E-state index in [0.29, 0.717) is 11.7 Å². The fourth-order valence-electron chi connectivity index (χ4n) is 2.46. The number of carbonyl (C=O) groups is 1. The lowest BCUT2D eigenvalue weighted by molar-refractivity contribution is -0.129. The number of unbranched alkanes of at least 4 members (excludes halogenated alkanes) is 1. The molecule has 1 heteroatoms. The Labute approximate surface area is 91.5 Å². The largest absolute Gasteiger partial charge is 0.299 e. The SMILES string of the molecule is CCCCC1CC(=O)C1c1ccccc1. The lowest BCUT2D eigenvalue weighted by Crippen LogP contribution is -2.34. The standard InChI is InChI=1S/C14H18O/c1-2-3-7-12-10-13(15)14(12)11-8-5-4-6-9-11/h4-6,8-9,12,14H,2-3,7,10H2,1H3. The summed E-state index contributed by atoms with van der Waals surface area (Å²) in [5.41, 5.74) is 1.22. The van der Waals surface area contributed by atoms with Crippen molar-refractivity contribution in [3.05, 3.63) is 35.9 Å². The molecule has 0 radical (unpaired) electrons. The number of carbonyl (C=O) groups excluding carboxylic acids is 1. The summed E-state index contributed by atoms with van der Waals surface area (Å²) < 4.78 is 0. The topological polar surface area (TPSA) is 17.1 Å². The highest BCUT2D eigenvalue weighted by molar-refractivity contribution is 5.92. The van der Waals surface area contributed by atoms with Crippen molar-refractivity contribution in [3.8, 4) is 0 Å². The first-order valence-electron chi connectivity index (χ1n) is 5.90. The van der Waals surface area contributed by atoms with Crippen LogP contribution in [-0.2, 0) is 4.79 Å². The van der Waals surface area contributed by atoms with Gasteiger partial charge >= 0.3 is 0 Å². The van der Waals surface area contributed by atoms with Crippen LogP contribution in [0.25, 0.3) is 0 Å². The lowest BCUT2D eigenvalue weighted by atomic mass is 9.67. The van der Waals surface area contributed by atoms with Gasteiger partial charge in [0.15, 0.2) is 0 Å². The van der Waals surface area contributed by atoms with E-state index in [1.807, 2.05) is 18.2 Å². The van der Waals surface area contributed by atoms with Crippen LogP contribution in [0.3, 0.4) is 0 Å². The maximum atomic E-state index is 11.6. The maximum absolute atomic E-state index is 11.6. The van der Waals surface area contributed by atoms with Gasteiger partial charge in [-0.2, -0.15) is 0 Å². The Bertz CT molecular complexity index is 328. The van der Waals surface area contributed by atoms with Crippen LogP contribution < -0.4 is 0 Å². The molecule has 1 aliphatic carbocycles. The second kappa shape index (κ2) is 4.61. The van der Waals surface area contributed by atoms with Crippen molar-refractivity contribution >= 4 is 5.78 Å². The van der Waals surface area contributed by atoms with E-state index in [1.165, 1.54) is 24.8 Å². The highest BCUT2D eigenvalue weighted by atomic mass is 16.1. The molecule has 0 N–H and O–H groups in total. The van der Waals surface area contributed by atoms with Crippen LogP contribution in [0.15, 0.2) is 30.3 Å². The Morgan fingerprint density at radius 2 is 2.00 bits per heavy atom. The van der Waals surface area contributed by atoms with Gasteiger partial charge in [-0.15, -0.1) is 0 Å². The quantitative estimate of drug-likeness (QED) is 0.729. The van der Waals surface area contributed by atoms with Gasteiger partial charge in [0.25, 0.3) is 0 Å². The molecule has 1 aromatic carbocycles. The van der Waals surface area contributed by atoms with Crippen molar-refractivity contribution in [3.63, 3.8) is 0 Å². The first kappa shape index (κ1) is 10.4. The molecule has 0 spiro atoms. The maximum Gasteiger partial charge on any atom is 0.140 e. The van der Waals surface area contributed by atoms with Crippen LogP contribution in [0.2, 0.25) is 0 Å². The minimum atomic E-state index is 0.206. The number of rotatable bonds is 4. The summed E-state index contributed by atoms with van der Waals surface area (Å²) in [6.07, 6.45) is 4.49. The third kappa shape index (κ3) is 2.11. The Kier molecular flexibility index (Phi) is 3.20. The van der Waals surface area contributed by atoms with E-state index < -0.39 is 0 Å². The highest BCUT2D eigenvalue weighted by Crippen LogP contribution is 2.42. The van der Waals surface area contributed by atoms with Crippen LogP contribution in [0.4, 0.5) is 0 Å². The van der Waals surface area contributed by atoms with Gasteiger partial charge in [-0.1, -0.05) is 50.1 Å². The van der Waals surface area contributed by atoms with E-state index in [4.69, 9.17) is 0 Å². The zero-order chi connectivity index (χ0) is 10.7. The van der Waals surface area contributed by atoms with Gasteiger partial charge in [-0.3, -0.25) is 4.79 Å². The number of hydrogen-bond donors (Lipinski definition) is 0. The molecule has 0 heterocycles. The molecule has 80 valence electrons. The van der Waals surface area contributed by atoms with E-state index in [2.05, 4.69) is 19.1 Å². The Balaban J connectivity index is 2.04. The summed E-state index contributed by atoms with van der Waals surface area (Å²) in [7, 11) is 0. The highest BCUT2D eigenvalue weighted by Gasteiger charge is 2.39. The van der Waals surface area contributed by atoms with Gasteiger partial charge < -0.3 is 0 Å². The second-order valence-electron chi connectivity index (χ2n) is 4.46. The summed E-state index contributed by atoms with van der Waals surface area (Å²) in [5.74, 6) is 1.25. The van der Waals surface area contributed by atoms with Crippen molar-refractivity contribution in [2.75, 3.05) is 0 Å². The average molecular weight is 202 g/mol. The summed E-state index contributed by atoms with van der Waals surface area (Å²) in [6.45, 7) is 2.21. The Morgan fingerprint density at radius 1 is 1.27 bits per heavy atom. The molecule has 1 saturated carbocycles. The van der Waals surface area contributed by atoms with E-state index >= 15 is 0 Å². The van der Waals surface area contributed by atoms with Crippen molar-refractivity contribution in [2.45, 2.75) is 38.5 Å². The zero-order valence-corrected chi connectivity index (χ0v) is 9.28. The third-order valence-corrected chi connectivity index (χ3v) is 3.37. The molecule has 1 aromatic rings. The zero-order valence-electron chi connectivity index (χ0n) is 9.28. The third-order valence-electron chi connectivity index (χ3n) is 3.37. The molecule has 0 saturated heterocycles. The number of benzene rings is 1. The molecule has 2 atom stereocenters. The van der Waals surface area contributed by atoms with Crippen molar-refractivity contribution in [2.24, 2.45) is 5.92 Å². The summed E-state index contributed by atoms with van der Waals surface area (Å²) >= 11 is 0. The predicted molar refractivity (Wildman–Crippen MR) is 61.8 cm³/mol. The minimum Gasteiger partial charge on any atom is -0.299 e. The van der Waals surface area contributed by atoms with E-state index in [0.717, 1.165) is 6.42 Å². The molecule has 1 aliphatic rings. The molecule has 0 aromatic heterocycles. The number of ketones is 1. The van der Waals surface area contributed by atoms with E-state index in [1.54, 1.807) is 0 Å². The van der Waals surface area contributed by atoms with Gasteiger partial charge in [-0.05, 0) is 17.9 Å². The van der Waals surface area contributed by atoms with Crippen LogP contribution in [0.1, 0.15) is 44.1 Å². The molecule has 1 nitrogen and oxygen atoms in total. The van der Waals surface area contributed by atoms with Gasteiger partial charge in [0.05, 0.1) is 0 Å². The normalized spacial score (nSPS) is 25.0. The van der Waals surface area contributed by atoms with E-state index in [9.17, 15) is 4.79 Å². The molecule has 15 heavy (non-hydrogen) atoms. The van der Waals surface area contributed by atoms with Gasteiger partial charge in [0, 0.05) is 12.3 Å². The monoisotopic (exact) mass is 202 g/mol. The predicted octanol–water partition coefficient (Wildman–Crippen LogP) is 3.55. The number of Topliss-reactive ketones (excluding diaryl/α,β-unsaturated/α-hetero) is 1. The molecule has 2 rings (SSSR count). The summed E-state index contributed by atoms with van der Waals surface area (Å²) in [4.78, 5) is 11.6. The molecular formula is C14H18O. The van der Waals surface area contributed by atoms with Crippen LogP contribution in [0, 0.1) is 5.92 Å². The fraction of sp³-hybridized carbons (Fsp3) is 0.500. The van der Waals surface area contributed by atoms with Crippen LogP contribution in [0.5, 0.6) is 0 Å². The fourth-order valence-corrected chi connectivity index (χ4v) is 2.46. The molecule has 0 bridgehead atoms. The second-order valence-corrected chi connectivity index (χ2v) is 4.46. The minimum absolute atomic E-state index is 0.206. The first-order chi connectivity index (χ1) is 7.33. The number of hydrogen-bond acceptors (Lipinski definition) is 1. The lowest BCUT2D eigenvalue weighted by Gasteiger charge is -2.35. The molecule has 0 amide bonds. The van der Waals surface area contributed by atoms with Crippen LogP contribution in [-0.4, -0.2) is 5.78 Å². The average Bonchev–Trinajstić information content (AvgIpc) is 2.25. The molecule has 1 fully saturated rings. The van der Waals surface area contributed by atoms with Crippen molar-refractivity contribution in [1.29, 1.82) is 0 Å². The smallest absolute Gasteiger partial charge is 0.140 e. The van der Waals surface area contributed by atoms with Crippen LogP contribution >= 0.6 is 0 Å². The van der Waals surface area contributed by atoms with Crippen molar-refractivity contribution < 1.29 is 4.79 Å². The van der Waals surface area contributed by atoms with E-state index in [-0.39, 0.29) is 5.92 Å². The Morgan fingerprint density at radius 3 is 2.60 bits per heavy atom. The van der Waals surface area contributed by atoms with Gasteiger partial charge in [0.1, 0.15) is 5.78 Å². The summed E-state index contributed by atoms with van der Waals surface area (Å²) in [5, 5.41) is 0. The summed E-state index contributed by atoms with van der Waals surface area (Å²) in [6, 6.07) is 10.2. The molecule has 2 unspecified atom stereocenters. The van der Waals surface area contributed by atoms with Gasteiger partial charge in [0.2, 0.25) is 0 Å². The van der Waals surface area contributed by atoms with Gasteiger partial charge in [-0.25, -0.2) is 0 Å². The molecule has 0 aliphatic heterocycles. The van der Waals surface area contributed by atoms with Crippen molar-refractivity contribution in [1.82, 2.24) is 0 Å². The Hall–Kier alpha value is -1.11.